The quantitative estimate of drug-likeness (QED) is 0.595. The molecule has 0 aliphatic carbocycles. The number of benzene rings is 2. The molecule has 5 nitrogen and oxygen atoms in total. The van der Waals surface area contributed by atoms with E-state index in [4.69, 9.17) is 10.9 Å². The zero-order chi connectivity index (χ0) is 14.8. The van der Waals surface area contributed by atoms with Gasteiger partial charge in [0.1, 0.15) is 4.90 Å². The molecule has 0 amide bonds. The Morgan fingerprint density at radius 3 is 2.30 bits per heavy atom. The summed E-state index contributed by atoms with van der Waals surface area (Å²) in [5.41, 5.74) is 7.13. The Morgan fingerprint density at radius 1 is 1.10 bits per heavy atom. The van der Waals surface area contributed by atoms with E-state index in [0.29, 0.717) is 11.4 Å². The van der Waals surface area contributed by atoms with Crippen molar-refractivity contribution in [2.75, 3.05) is 17.3 Å². The Bertz CT molecular complexity index is 713. The van der Waals surface area contributed by atoms with Crippen LogP contribution < -0.4 is 16.2 Å². The van der Waals surface area contributed by atoms with E-state index >= 15 is 0 Å². The summed E-state index contributed by atoms with van der Waals surface area (Å²) in [5, 5.41) is 8.23. The highest BCUT2D eigenvalue weighted by molar-refractivity contribution is 7.98. The minimum Gasteiger partial charge on any atom is -0.399 e. The molecule has 0 saturated heterocycles. The fraction of sp³-hybridized carbons (Fsp3) is 0.0769. The van der Waals surface area contributed by atoms with Crippen molar-refractivity contribution in [2.24, 2.45) is 5.14 Å². The van der Waals surface area contributed by atoms with Gasteiger partial charge in [-0.3, -0.25) is 0 Å². The first-order valence-corrected chi connectivity index (χ1v) is 8.50. The smallest absolute Gasteiger partial charge is 0.240 e. The molecule has 0 heterocycles. The lowest BCUT2D eigenvalue weighted by Gasteiger charge is -2.11. The zero-order valence-electron chi connectivity index (χ0n) is 10.8. The molecule has 0 atom stereocenters. The van der Waals surface area contributed by atoms with E-state index in [2.05, 4.69) is 5.32 Å². The van der Waals surface area contributed by atoms with Gasteiger partial charge in [-0.25, -0.2) is 13.6 Å². The summed E-state index contributed by atoms with van der Waals surface area (Å²) < 4.78 is 23.2. The molecule has 7 heteroatoms. The molecule has 0 radical (unpaired) electrons. The van der Waals surface area contributed by atoms with Crippen molar-refractivity contribution in [1.82, 2.24) is 0 Å². The molecule has 0 spiro atoms. The number of nitrogens with two attached hydrogens (primary N) is 2. The molecule has 0 unspecified atom stereocenters. The predicted octanol–water partition coefficient (Wildman–Crippen LogP) is 2.38. The van der Waals surface area contributed by atoms with Gasteiger partial charge in [-0.15, -0.1) is 11.8 Å². The summed E-state index contributed by atoms with van der Waals surface area (Å²) in [4.78, 5) is 1.10. The first-order valence-electron chi connectivity index (χ1n) is 5.73. The van der Waals surface area contributed by atoms with Crippen molar-refractivity contribution in [2.45, 2.75) is 9.79 Å². The van der Waals surface area contributed by atoms with Crippen LogP contribution in [0.2, 0.25) is 0 Å². The number of nitrogen functional groups attached to an aromatic ring is 1. The van der Waals surface area contributed by atoms with Crippen LogP contribution in [0.4, 0.5) is 17.1 Å². The maximum atomic E-state index is 11.6. The summed E-state index contributed by atoms with van der Waals surface area (Å²) in [6, 6.07) is 12.2. The van der Waals surface area contributed by atoms with Crippen LogP contribution in [0.15, 0.2) is 52.3 Å². The van der Waals surface area contributed by atoms with Gasteiger partial charge < -0.3 is 11.1 Å². The molecule has 0 aliphatic rings. The largest absolute Gasteiger partial charge is 0.399 e. The Labute approximate surface area is 122 Å². The van der Waals surface area contributed by atoms with Crippen LogP contribution in [0.25, 0.3) is 0 Å². The molecular weight excluding hydrogens is 294 g/mol. The van der Waals surface area contributed by atoms with E-state index in [-0.39, 0.29) is 4.90 Å². The first-order chi connectivity index (χ1) is 9.40. The van der Waals surface area contributed by atoms with E-state index in [1.807, 2.05) is 30.5 Å². The Balaban J connectivity index is 2.38. The number of anilines is 3. The molecule has 2 rings (SSSR count). The van der Waals surface area contributed by atoms with E-state index < -0.39 is 10.0 Å². The fourth-order valence-electron chi connectivity index (χ4n) is 1.71. The zero-order valence-corrected chi connectivity index (χ0v) is 12.5. The highest BCUT2D eigenvalue weighted by Crippen LogP contribution is 2.27. The number of thioether (sulfide) groups is 1. The van der Waals surface area contributed by atoms with E-state index in [1.54, 1.807) is 23.9 Å². The molecule has 20 heavy (non-hydrogen) atoms. The molecule has 0 saturated carbocycles. The average molecular weight is 309 g/mol. The lowest BCUT2D eigenvalue weighted by atomic mass is 10.2. The van der Waals surface area contributed by atoms with E-state index in [1.165, 1.54) is 6.07 Å². The summed E-state index contributed by atoms with van der Waals surface area (Å²) in [7, 11) is -3.84. The van der Waals surface area contributed by atoms with Crippen molar-refractivity contribution >= 4 is 38.8 Å². The van der Waals surface area contributed by atoms with E-state index in [0.717, 1.165) is 10.6 Å². The molecule has 0 fully saturated rings. The van der Waals surface area contributed by atoms with Gasteiger partial charge in [0, 0.05) is 16.3 Å². The molecule has 0 bridgehead atoms. The van der Waals surface area contributed by atoms with Crippen LogP contribution in [0.5, 0.6) is 0 Å². The number of nitrogens with one attached hydrogen (secondary N) is 1. The monoisotopic (exact) mass is 309 g/mol. The topological polar surface area (TPSA) is 98.2 Å². The third kappa shape index (κ3) is 3.44. The number of primary sulfonamides is 1. The molecule has 0 aromatic heterocycles. The number of hydrogen-bond acceptors (Lipinski definition) is 5. The van der Waals surface area contributed by atoms with Crippen molar-refractivity contribution in [1.29, 1.82) is 0 Å². The molecule has 2 aromatic rings. The van der Waals surface area contributed by atoms with Gasteiger partial charge in [-0.05, 0) is 48.7 Å². The number of hydrogen-bond donors (Lipinski definition) is 3. The second-order valence-corrected chi connectivity index (χ2v) is 6.56. The van der Waals surface area contributed by atoms with Crippen molar-refractivity contribution in [3.8, 4) is 0 Å². The predicted molar refractivity (Wildman–Crippen MR) is 83.7 cm³/mol. The van der Waals surface area contributed by atoms with Crippen molar-refractivity contribution in [3.63, 3.8) is 0 Å². The van der Waals surface area contributed by atoms with Gasteiger partial charge in [-0.2, -0.15) is 0 Å². The standard InChI is InChI=1S/C13H15N3O2S2/c1-19-11-5-3-10(4-6-11)16-12-7-2-9(14)8-13(12)20(15,17)18/h2-8,16H,14H2,1H3,(H2,15,17,18). The number of sulfonamides is 1. The maximum Gasteiger partial charge on any atom is 0.240 e. The second-order valence-electron chi connectivity index (χ2n) is 4.15. The van der Waals surface area contributed by atoms with Crippen LogP contribution in [-0.4, -0.2) is 14.7 Å². The van der Waals surface area contributed by atoms with Gasteiger partial charge in [0.2, 0.25) is 10.0 Å². The number of rotatable bonds is 4. The molecule has 0 aliphatic heterocycles. The fourth-order valence-corrected chi connectivity index (χ4v) is 2.84. The summed E-state index contributed by atoms with van der Waals surface area (Å²) >= 11 is 1.63. The first kappa shape index (κ1) is 14.7. The molecule has 106 valence electrons. The van der Waals surface area contributed by atoms with Crippen LogP contribution >= 0.6 is 11.8 Å². The van der Waals surface area contributed by atoms with Crippen LogP contribution in [0, 0.1) is 0 Å². The van der Waals surface area contributed by atoms with Gasteiger partial charge in [0.15, 0.2) is 0 Å². The van der Waals surface area contributed by atoms with E-state index in [9.17, 15) is 8.42 Å². The van der Waals surface area contributed by atoms with Gasteiger partial charge in [-0.1, -0.05) is 0 Å². The molecule has 5 N–H and O–H groups in total. The third-order valence-corrected chi connectivity index (χ3v) is 4.38. The third-order valence-electron chi connectivity index (χ3n) is 2.68. The Hall–Kier alpha value is -1.70. The van der Waals surface area contributed by atoms with Gasteiger partial charge >= 0.3 is 0 Å². The average Bonchev–Trinajstić information content (AvgIpc) is 2.40. The second kappa shape index (κ2) is 5.74. The van der Waals surface area contributed by atoms with Crippen molar-refractivity contribution < 1.29 is 8.42 Å². The minimum atomic E-state index is -3.84. The lowest BCUT2D eigenvalue weighted by Crippen LogP contribution is -2.14. The van der Waals surface area contributed by atoms with Crippen LogP contribution in [-0.2, 0) is 10.0 Å². The maximum absolute atomic E-state index is 11.6. The highest BCUT2D eigenvalue weighted by atomic mass is 32.2. The van der Waals surface area contributed by atoms with Crippen LogP contribution in [0.1, 0.15) is 0 Å². The lowest BCUT2D eigenvalue weighted by molar-refractivity contribution is 0.598. The Kier molecular flexibility index (Phi) is 4.22. The molecular formula is C13H15N3O2S2. The summed E-state index contributed by atoms with van der Waals surface area (Å²) in [6.45, 7) is 0. The highest BCUT2D eigenvalue weighted by Gasteiger charge is 2.14. The normalized spacial score (nSPS) is 11.3. The Morgan fingerprint density at radius 2 is 1.75 bits per heavy atom. The SMILES string of the molecule is CSc1ccc(Nc2ccc(N)cc2S(N)(=O)=O)cc1. The summed E-state index contributed by atoms with van der Waals surface area (Å²) in [5.74, 6) is 0. The molecule has 2 aromatic carbocycles. The van der Waals surface area contributed by atoms with Gasteiger partial charge in [0.25, 0.3) is 0 Å². The van der Waals surface area contributed by atoms with Crippen molar-refractivity contribution in [3.05, 3.63) is 42.5 Å². The minimum absolute atomic E-state index is 0.0218. The summed E-state index contributed by atoms with van der Waals surface area (Å²) in [6.07, 6.45) is 1.99. The van der Waals surface area contributed by atoms with Crippen LogP contribution in [0.3, 0.4) is 0 Å². The van der Waals surface area contributed by atoms with Gasteiger partial charge in [0.05, 0.1) is 5.69 Å².